The van der Waals surface area contributed by atoms with E-state index in [1.807, 2.05) is 12.1 Å². The largest absolute Gasteiger partial charge is 0.463 e. The number of hydrogen-bond acceptors (Lipinski definition) is 7. The van der Waals surface area contributed by atoms with Crippen LogP contribution in [-0.4, -0.2) is 41.6 Å². The van der Waals surface area contributed by atoms with Gasteiger partial charge >= 0.3 is 0 Å². The fourth-order valence-corrected chi connectivity index (χ4v) is 4.66. The van der Waals surface area contributed by atoms with E-state index in [2.05, 4.69) is 20.2 Å². The van der Waals surface area contributed by atoms with E-state index in [1.54, 1.807) is 46.9 Å². The van der Waals surface area contributed by atoms with E-state index in [1.165, 1.54) is 18.5 Å². The van der Waals surface area contributed by atoms with Crippen molar-refractivity contribution in [3.05, 3.63) is 84.2 Å². The SMILES string of the molecule is O=S(=O)(NC(CO)c1ccc(NCc2ccccc2OCF)n2cnnc12)c1ccccc1. The summed E-state index contributed by atoms with van der Waals surface area (Å²) in [5.41, 5.74) is 1.59. The fraction of sp³-hybridized carbons (Fsp3) is 0.182. The summed E-state index contributed by atoms with van der Waals surface area (Å²) >= 11 is 0. The van der Waals surface area contributed by atoms with Crippen LogP contribution >= 0.6 is 0 Å². The lowest BCUT2D eigenvalue weighted by Crippen LogP contribution is -2.31. The van der Waals surface area contributed by atoms with Gasteiger partial charge in [-0.3, -0.25) is 4.40 Å². The molecule has 9 nitrogen and oxygen atoms in total. The van der Waals surface area contributed by atoms with E-state index >= 15 is 0 Å². The van der Waals surface area contributed by atoms with Gasteiger partial charge in [-0.05, 0) is 30.3 Å². The summed E-state index contributed by atoms with van der Waals surface area (Å²) in [6.07, 6.45) is 1.48. The lowest BCUT2D eigenvalue weighted by atomic mass is 10.1. The smallest absolute Gasteiger partial charge is 0.241 e. The molecule has 1 unspecified atom stereocenters. The van der Waals surface area contributed by atoms with Crippen LogP contribution in [0, 0.1) is 0 Å². The Morgan fingerprint density at radius 1 is 1.06 bits per heavy atom. The average molecular weight is 472 g/mol. The standard InChI is InChI=1S/C22H22FN5O4S/c23-14-32-20-9-5-4-6-16(20)12-24-21-11-10-18(22-26-25-15-28(21)22)19(13-29)27-33(30,31)17-7-2-1-3-8-17/h1-11,15,19,24,27,29H,12-14H2. The number of anilines is 1. The van der Waals surface area contributed by atoms with Crippen LogP contribution in [0.1, 0.15) is 17.2 Å². The molecule has 0 aliphatic rings. The summed E-state index contributed by atoms with van der Waals surface area (Å²) in [6, 6.07) is 17.4. The Labute approximate surface area is 189 Å². The van der Waals surface area contributed by atoms with Gasteiger partial charge in [0.1, 0.15) is 17.9 Å². The molecule has 0 radical (unpaired) electrons. The first-order chi connectivity index (χ1) is 16.0. The molecule has 11 heteroatoms. The number of aliphatic hydroxyl groups is 1. The number of halogens is 1. The Kier molecular flexibility index (Phi) is 6.82. The van der Waals surface area contributed by atoms with Crippen LogP contribution in [-0.2, 0) is 16.6 Å². The molecule has 4 aromatic rings. The first-order valence-corrected chi connectivity index (χ1v) is 11.5. The summed E-state index contributed by atoms with van der Waals surface area (Å²) in [6.45, 7) is -1.06. The summed E-state index contributed by atoms with van der Waals surface area (Å²) < 4.78 is 47.3. The number of rotatable bonds is 10. The third kappa shape index (κ3) is 4.95. The Bertz CT molecular complexity index is 1330. The maximum absolute atomic E-state index is 12.7. The van der Waals surface area contributed by atoms with Gasteiger partial charge < -0.3 is 15.2 Å². The second-order valence-corrected chi connectivity index (χ2v) is 8.80. The molecule has 0 aliphatic carbocycles. The van der Waals surface area contributed by atoms with Gasteiger partial charge in [0, 0.05) is 17.7 Å². The zero-order valence-corrected chi connectivity index (χ0v) is 18.2. The van der Waals surface area contributed by atoms with Gasteiger partial charge in [-0.25, -0.2) is 17.5 Å². The highest BCUT2D eigenvalue weighted by atomic mass is 32.2. The number of para-hydroxylation sites is 1. The van der Waals surface area contributed by atoms with Crippen LogP contribution in [0.5, 0.6) is 5.75 Å². The van der Waals surface area contributed by atoms with Crippen LogP contribution in [0.3, 0.4) is 0 Å². The maximum atomic E-state index is 12.7. The molecular formula is C22H22FN5O4S. The van der Waals surface area contributed by atoms with Crippen molar-refractivity contribution in [3.8, 4) is 5.75 Å². The van der Waals surface area contributed by atoms with Gasteiger partial charge in [-0.2, -0.15) is 0 Å². The van der Waals surface area contributed by atoms with Gasteiger partial charge in [0.15, 0.2) is 5.65 Å². The third-order valence-corrected chi connectivity index (χ3v) is 6.53. The molecule has 2 aromatic carbocycles. The van der Waals surface area contributed by atoms with Crippen LogP contribution in [0.2, 0.25) is 0 Å². The number of nitrogens with one attached hydrogen (secondary N) is 2. The van der Waals surface area contributed by atoms with E-state index in [0.29, 0.717) is 29.3 Å². The molecule has 0 saturated heterocycles. The van der Waals surface area contributed by atoms with Crippen LogP contribution in [0.4, 0.5) is 10.2 Å². The first kappa shape index (κ1) is 22.6. The van der Waals surface area contributed by atoms with E-state index in [-0.39, 0.29) is 4.90 Å². The van der Waals surface area contributed by atoms with E-state index < -0.39 is 29.5 Å². The second-order valence-electron chi connectivity index (χ2n) is 7.08. The molecule has 0 spiro atoms. The van der Waals surface area contributed by atoms with Crippen molar-refractivity contribution in [1.29, 1.82) is 0 Å². The predicted molar refractivity (Wildman–Crippen MR) is 120 cm³/mol. The van der Waals surface area contributed by atoms with Crippen LogP contribution in [0.25, 0.3) is 5.65 Å². The number of nitrogens with zero attached hydrogens (tertiary/aromatic N) is 3. The molecule has 3 N–H and O–H groups in total. The van der Waals surface area contributed by atoms with Crippen molar-refractivity contribution in [2.45, 2.75) is 17.5 Å². The first-order valence-electron chi connectivity index (χ1n) is 10.0. The van der Waals surface area contributed by atoms with Gasteiger partial charge in [0.05, 0.1) is 17.5 Å². The number of pyridine rings is 1. The summed E-state index contributed by atoms with van der Waals surface area (Å²) in [5.74, 6) is 1.05. The van der Waals surface area contributed by atoms with E-state index in [0.717, 1.165) is 5.56 Å². The number of ether oxygens (including phenoxy) is 1. The molecule has 0 aliphatic heterocycles. The maximum Gasteiger partial charge on any atom is 0.241 e. The van der Waals surface area contributed by atoms with Crippen LogP contribution < -0.4 is 14.8 Å². The Morgan fingerprint density at radius 3 is 2.58 bits per heavy atom. The minimum absolute atomic E-state index is 0.0911. The number of aliphatic hydroxyl groups excluding tert-OH is 1. The van der Waals surface area contributed by atoms with Gasteiger partial charge in [-0.1, -0.05) is 36.4 Å². The normalized spacial score (nSPS) is 12.5. The highest BCUT2D eigenvalue weighted by molar-refractivity contribution is 7.89. The van der Waals surface area contributed by atoms with Crippen molar-refractivity contribution in [1.82, 2.24) is 19.3 Å². The molecule has 0 saturated carbocycles. The number of sulfonamides is 1. The monoisotopic (exact) mass is 471 g/mol. The lowest BCUT2D eigenvalue weighted by Gasteiger charge is -2.19. The second kappa shape index (κ2) is 9.94. The molecule has 0 fully saturated rings. The number of benzene rings is 2. The van der Waals surface area contributed by atoms with Crippen molar-refractivity contribution >= 4 is 21.5 Å². The lowest BCUT2D eigenvalue weighted by molar-refractivity contribution is 0.190. The molecule has 172 valence electrons. The highest BCUT2D eigenvalue weighted by Gasteiger charge is 2.24. The fourth-order valence-electron chi connectivity index (χ4n) is 3.44. The van der Waals surface area contributed by atoms with Crippen molar-refractivity contribution in [2.75, 3.05) is 18.8 Å². The Morgan fingerprint density at radius 2 is 1.82 bits per heavy atom. The van der Waals surface area contributed by atoms with Gasteiger partial charge in [0.2, 0.25) is 16.9 Å². The zero-order valence-electron chi connectivity index (χ0n) is 17.4. The number of alkyl halides is 1. The quantitative estimate of drug-likeness (QED) is 0.325. The molecule has 2 aromatic heterocycles. The molecule has 1 atom stereocenters. The number of fused-ring (bicyclic) bond motifs is 1. The molecule has 0 bridgehead atoms. The Hall–Kier alpha value is -3.54. The number of aromatic nitrogens is 3. The Balaban J connectivity index is 1.59. The van der Waals surface area contributed by atoms with Gasteiger partial charge in [0.25, 0.3) is 0 Å². The molecular weight excluding hydrogens is 449 g/mol. The predicted octanol–water partition coefficient (Wildman–Crippen LogP) is 2.66. The molecule has 0 amide bonds. The number of hydrogen-bond donors (Lipinski definition) is 3. The van der Waals surface area contributed by atoms with Crippen molar-refractivity contribution in [2.24, 2.45) is 0 Å². The minimum Gasteiger partial charge on any atom is -0.463 e. The van der Waals surface area contributed by atoms with E-state index in [4.69, 9.17) is 4.74 Å². The minimum atomic E-state index is -3.87. The molecule has 2 heterocycles. The topological polar surface area (TPSA) is 118 Å². The third-order valence-electron chi connectivity index (χ3n) is 5.04. The summed E-state index contributed by atoms with van der Waals surface area (Å²) in [7, 11) is -3.87. The zero-order chi connectivity index (χ0) is 23.3. The average Bonchev–Trinajstić information content (AvgIpc) is 3.33. The van der Waals surface area contributed by atoms with Gasteiger partial charge in [-0.15, -0.1) is 10.2 Å². The van der Waals surface area contributed by atoms with Crippen molar-refractivity contribution < 1.29 is 22.7 Å². The van der Waals surface area contributed by atoms with Crippen molar-refractivity contribution in [3.63, 3.8) is 0 Å². The van der Waals surface area contributed by atoms with E-state index in [9.17, 15) is 17.9 Å². The summed E-state index contributed by atoms with van der Waals surface area (Å²) in [4.78, 5) is 0.0911. The molecule has 33 heavy (non-hydrogen) atoms. The van der Waals surface area contributed by atoms with Crippen LogP contribution in [0.15, 0.2) is 78.0 Å². The molecule has 4 rings (SSSR count). The summed E-state index contributed by atoms with van der Waals surface area (Å²) in [5, 5.41) is 21.2. The highest BCUT2D eigenvalue weighted by Crippen LogP contribution is 2.25.